The maximum absolute atomic E-state index is 13.6. The number of ketones is 1. The molecule has 2 nitrogen and oxygen atoms in total. The van der Waals surface area contributed by atoms with Gasteiger partial charge in [-0.1, -0.05) is 17.7 Å². The van der Waals surface area contributed by atoms with Crippen molar-refractivity contribution in [3.05, 3.63) is 50.9 Å². The lowest BCUT2D eigenvalue weighted by atomic mass is 9.93. The summed E-state index contributed by atoms with van der Waals surface area (Å²) < 4.78 is 29.6. The van der Waals surface area contributed by atoms with Crippen LogP contribution in [0.1, 0.15) is 28.0 Å². The zero-order valence-electron chi connectivity index (χ0n) is 10.8. The van der Waals surface area contributed by atoms with E-state index in [9.17, 15) is 13.6 Å². The molecule has 0 saturated carbocycles. The monoisotopic (exact) mass is 387 g/mol. The molecular weight excluding hydrogens is 375 g/mol. The highest BCUT2D eigenvalue weighted by Gasteiger charge is 2.45. The topological polar surface area (TPSA) is 22.0 Å². The average molecular weight is 387 g/mol. The number of carbonyl (C=O) groups excluding carboxylic acids is 1. The van der Waals surface area contributed by atoms with Crippen LogP contribution in [0.5, 0.6) is 0 Å². The number of Topliss-reactive ketones (excluding diaryl/α,β-unsaturated/α-hetero) is 1. The molecule has 0 atom stereocenters. The van der Waals surface area contributed by atoms with Gasteiger partial charge in [0.25, 0.3) is 0 Å². The number of benzene rings is 1. The van der Waals surface area contributed by atoms with Crippen LogP contribution in [-0.2, 0) is 6.42 Å². The second kappa shape index (κ2) is 4.65. The molecule has 5 heteroatoms. The first-order valence-electron chi connectivity index (χ1n) is 6.29. The number of rotatable bonds is 1. The van der Waals surface area contributed by atoms with Gasteiger partial charge in [0.1, 0.15) is 0 Å². The van der Waals surface area contributed by atoms with Gasteiger partial charge < -0.3 is 4.57 Å². The van der Waals surface area contributed by atoms with Crippen molar-refractivity contribution in [3.63, 3.8) is 0 Å². The highest BCUT2D eigenvalue weighted by atomic mass is 127. The van der Waals surface area contributed by atoms with E-state index in [-0.39, 0.29) is 12.0 Å². The van der Waals surface area contributed by atoms with Crippen LogP contribution in [0.2, 0.25) is 0 Å². The van der Waals surface area contributed by atoms with Crippen molar-refractivity contribution < 1.29 is 13.6 Å². The fourth-order valence-corrected chi connectivity index (χ4v) is 3.34. The van der Waals surface area contributed by atoms with Gasteiger partial charge >= 0.3 is 5.92 Å². The summed E-state index contributed by atoms with van der Waals surface area (Å²) in [6.07, 6.45) is 1.56. The number of nitrogens with zero attached hydrogens (tertiary/aromatic N) is 1. The summed E-state index contributed by atoms with van der Waals surface area (Å²) in [7, 11) is 0. The summed E-state index contributed by atoms with van der Waals surface area (Å²) in [6, 6.07) is 7.80. The van der Waals surface area contributed by atoms with E-state index in [4.69, 9.17) is 0 Å². The van der Waals surface area contributed by atoms with E-state index in [0.717, 1.165) is 11.3 Å². The lowest BCUT2D eigenvalue weighted by Crippen LogP contribution is -2.34. The fraction of sp³-hybridized carbons (Fsp3) is 0.267. The highest BCUT2D eigenvalue weighted by molar-refractivity contribution is 14.1. The minimum atomic E-state index is -3.23. The zero-order valence-corrected chi connectivity index (χ0v) is 12.9. The Bertz CT molecular complexity index is 689. The molecule has 0 unspecified atom stereocenters. The second-order valence-electron chi connectivity index (χ2n) is 5.04. The summed E-state index contributed by atoms with van der Waals surface area (Å²) in [4.78, 5) is 11.9. The van der Waals surface area contributed by atoms with Gasteiger partial charge in [-0.05, 0) is 48.1 Å². The fourth-order valence-electron chi connectivity index (χ4n) is 2.51. The van der Waals surface area contributed by atoms with E-state index in [1.807, 2.05) is 58.3 Å². The van der Waals surface area contributed by atoms with Gasteiger partial charge in [-0.3, -0.25) is 4.79 Å². The van der Waals surface area contributed by atoms with Crippen LogP contribution in [0.3, 0.4) is 0 Å². The lowest BCUT2D eigenvalue weighted by Gasteiger charge is -2.22. The van der Waals surface area contributed by atoms with E-state index in [2.05, 4.69) is 0 Å². The predicted molar refractivity (Wildman–Crippen MR) is 80.8 cm³/mol. The maximum Gasteiger partial charge on any atom is 0.310 e. The molecule has 2 aromatic rings. The van der Waals surface area contributed by atoms with Crippen LogP contribution < -0.4 is 0 Å². The molecule has 0 amide bonds. The molecule has 0 radical (unpaired) electrons. The number of hydrogen-bond donors (Lipinski definition) is 0. The quantitative estimate of drug-likeness (QED) is 0.674. The molecule has 0 aliphatic heterocycles. The van der Waals surface area contributed by atoms with E-state index in [1.54, 1.807) is 6.20 Å². The molecule has 0 spiro atoms. The Morgan fingerprint density at radius 1 is 1.25 bits per heavy atom. The largest absolute Gasteiger partial charge is 0.319 e. The van der Waals surface area contributed by atoms with Crippen LogP contribution >= 0.6 is 22.6 Å². The molecule has 0 bridgehead atoms. The van der Waals surface area contributed by atoms with Crippen LogP contribution in [-0.4, -0.2) is 16.3 Å². The standard InChI is InChI=1S/C15H12F2INO/c1-9-2-4-10(5-3-9)19-8-11(18)13-12(19)6-7-15(16,17)14(13)20/h2-5,8H,6-7H2,1H3. The highest BCUT2D eigenvalue weighted by Crippen LogP contribution is 2.37. The molecule has 1 heterocycles. The molecule has 1 aliphatic carbocycles. The van der Waals surface area contributed by atoms with Gasteiger partial charge in [0.2, 0.25) is 5.78 Å². The van der Waals surface area contributed by atoms with Crippen LogP contribution in [0, 0.1) is 10.5 Å². The third-order valence-corrected chi connectivity index (χ3v) is 4.43. The third kappa shape index (κ3) is 2.08. The molecule has 0 saturated heterocycles. The number of alkyl halides is 2. The van der Waals surface area contributed by atoms with E-state index in [1.165, 1.54) is 0 Å². The van der Waals surface area contributed by atoms with Crippen molar-refractivity contribution in [2.75, 3.05) is 0 Å². The molecule has 104 valence electrons. The summed E-state index contributed by atoms with van der Waals surface area (Å²) in [5.74, 6) is -4.28. The Morgan fingerprint density at radius 2 is 1.90 bits per heavy atom. The van der Waals surface area contributed by atoms with Crippen molar-refractivity contribution in [1.29, 1.82) is 0 Å². The van der Waals surface area contributed by atoms with E-state index >= 15 is 0 Å². The van der Waals surface area contributed by atoms with Crippen molar-refractivity contribution in [1.82, 2.24) is 4.57 Å². The smallest absolute Gasteiger partial charge is 0.310 e. The van der Waals surface area contributed by atoms with Gasteiger partial charge in [0.15, 0.2) is 0 Å². The van der Waals surface area contributed by atoms with E-state index in [0.29, 0.717) is 9.26 Å². The first kappa shape index (κ1) is 13.7. The Hall–Kier alpha value is -1.24. The first-order chi connectivity index (χ1) is 9.40. The van der Waals surface area contributed by atoms with Gasteiger partial charge in [-0.15, -0.1) is 0 Å². The summed E-state index contributed by atoms with van der Waals surface area (Å²) in [5.41, 5.74) is 2.90. The van der Waals surface area contributed by atoms with Crippen LogP contribution in [0.4, 0.5) is 8.78 Å². The second-order valence-corrected chi connectivity index (χ2v) is 6.20. The Labute approximate surface area is 128 Å². The molecule has 0 fully saturated rings. The van der Waals surface area contributed by atoms with Gasteiger partial charge in [-0.25, -0.2) is 0 Å². The Morgan fingerprint density at radius 3 is 2.55 bits per heavy atom. The molecular formula is C15H12F2INO. The third-order valence-electron chi connectivity index (χ3n) is 3.61. The van der Waals surface area contributed by atoms with Gasteiger partial charge in [-0.2, -0.15) is 8.78 Å². The van der Waals surface area contributed by atoms with Crippen molar-refractivity contribution in [2.24, 2.45) is 0 Å². The zero-order chi connectivity index (χ0) is 14.5. The maximum atomic E-state index is 13.6. The van der Waals surface area contributed by atoms with Crippen LogP contribution in [0.25, 0.3) is 5.69 Å². The van der Waals surface area contributed by atoms with Gasteiger partial charge in [0, 0.05) is 27.6 Å². The van der Waals surface area contributed by atoms with E-state index < -0.39 is 18.1 Å². The Kier molecular flexibility index (Phi) is 3.19. The number of hydrogen-bond acceptors (Lipinski definition) is 1. The number of fused-ring (bicyclic) bond motifs is 1. The number of carbonyl (C=O) groups is 1. The Balaban J connectivity index is 2.15. The number of halogens is 3. The summed E-state index contributed by atoms with van der Waals surface area (Å²) in [6.45, 7) is 1.99. The molecule has 20 heavy (non-hydrogen) atoms. The molecule has 0 N–H and O–H groups in total. The molecule has 3 rings (SSSR count). The number of aryl methyl sites for hydroxylation is 1. The van der Waals surface area contributed by atoms with Crippen molar-refractivity contribution >= 4 is 28.4 Å². The molecule has 1 aliphatic rings. The average Bonchev–Trinajstić information content (AvgIpc) is 2.73. The SMILES string of the molecule is Cc1ccc(-n2cc(I)c3c2CCC(F)(F)C3=O)cc1. The minimum absolute atomic E-state index is 0.183. The van der Waals surface area contributed by atoms with Crippen LogP contribution in [0.15, 0.2) is 30.5 Å². The summed E-state index contributed by atoms with van der Waals surface area (Å²) in [5, 5.41) is 0. The molecule has 1 aromatic carbocycles. The van der Waals surface area contributed by atoms with Crippen molar-refractivity contribution in [2.45, 2.75) is 25.7 Å². The van der Waals surface area contributed by atoms with Gasteiger partial charge in [0.05, 0.1) is 5.56 Å². The normalized spacial score (nSPS) is 17.1. The molecule has 1 aromatic heterocycles. The number of aromatic nitrogens is 1. The predicted octanol–water partition coefficient (Wildman–Crippen LogP) is 4.15. The lowest BCUT2D eigenvalue weighted by molar-refractivity contribution is 0.00165. The summed E-state index contributed by atoms with van der Waals surface area (Å²) >= 11 is 1.95. The first-order valence-corrected chi connectivity index (χ1v) is 7.37. The van der Waals surface area contributed by atoms with Crippen molar-refractivity contribution in [3.8, 4) is 5.69 Å². The minimum Gasteiger partial charge on any atom is -0.319 e.